The summed E-state index contributed by atoms with van der Waals surface area (Å²) < 4.78 is 6.58. The maximum atomic E-state index is 12.3. The Labute approximate surface area is 132 Å². The van der Waals surface area contributed by atoms with Crippen molar-refractivity contribution in [2.24, 2.45) is 0 Å². The van der Waals surface area contributed by atoms with Crippen molar-refractivity contribution in [1.82, 2.24) is 9.80 Å². The average molecular weight is 353 g/mol. The number of hydrogen-bond donors (Lipinski definition) is 0. The van der Waals surface area contributed by atoms with E-state index in [0.29, 0.717) is 19.7 Å². The second-order valence-electron chi connectivity index (χ2n) is 4.79. The molecule has 0 aliphatic carbocycles. The van der Waals surface area contributed by atoms with Gasteiger partial charge in [-0.15, -0.1) is 0 Å². The number of carbonyl (C=O) groups excluding carboxylic acids is 2. The Hall–Kier alpha value is -1.82. The SMILES string of the molecule is C=CC(=O)N(C)CC(=O)N1CCOc2c(Br)cccc2C1. The summed E-state index contributed by atoms with van der Waals surface area (Å²) in [5.74, 6) is 0.407. The molecular formula is C15H17BrN2O3. The number of carbonyl (C=O) groups is 2. The minimum absolute atomic E-state index is 0.0359. The van der Waals surface area contributed by atoms with Gasteiger partial charge in [0.25, 0.3) is 0 Å². The first kappa shape index (κ1) is 15.6. The molecule has 5 nitrogen and oxygen atoms in total. The van der Waals surface area contributed by atoms with Crippen molar-refractivity contribution in [1.29, 1.82) is 0 Å². The quantitative estimate of drug-likeness (QED) is 0.779. The van der Waals surface area contributed by atoms with Crippen molar-refractivity contribution in [3.05, 3.63) is 40.9 Å². The third kappa shape index (κ3) is 3.64. The molecule has 0 radical (unpaired) electrons. The topological polar surface area (TPSA) is 49.9 Å². The molecule has 0 spiro atoms. The molecule has 1 aliphatic heterocycles. The van der Waals surface area contributed by atoms with Gasteiger partial charge in [0.05, 0.1) is 17.6 Å². The molecular weight excluding hydrogens is 336 g/mol. The molecule has 2 rings (SSSR count). The third-order valence-corrected chi connectivity index (χ3v) is 3.92. The average Bonchev–Trinajstić information content (AvgIpc) is 2.69. The first-order valence-corrected chi connectivity index (χ1v) is 7.37. The van der Waals surface area contributed by atoms with Crippen molar-refractivity contribution in [3.8, 4) is 5.75 Å². The highest BCUT2D eigenvalue weighted by atomic mass is 79.9. The summed E-state index contributed by atoms with van der Waals surface area (Å²) in [7, 11) is 1.58. The normalized spacial score (nSPS) is 13.7. The molecule has 1 aromatic carbocycles. The predicted octanol–water partition coefficient (Wildman–Crippen LogP) is 1.81. The lowest BCUT2D eigenvalue weighted by Gasteiger charge is -2.23. The van der Waals surface area contributed by atoms with Crippen LogP contribution in [0.15, 0.2) is 35.3 Å². The van der Waals surface area contributed by atoms with Gasteiger partial charge in [0, 0.05) is 19.2 Å². The van der Waals surface area contributed by atoms with Gasteiger partial charge in [-0.3, -0.25) is 9.59 Å². The van der Waals surface area contributed by atoms with Crippen LogP contribution in [0.2, 0.25) is 0 Å². The summed E-state index contributed by atoms with van der Waals surface area (Å²) in [6.45, 7) is 4.85. The lowest BCUT2D eigenvalue weighted by Crippen LogP contribution is -2.41. The van der Waals surface area contributed by atoms with Gasteiger partial charge in [-0.05, 0) is 28.1 Å². The minimum Gasteiger partial charge on any atom is -0.490 e. The molecule has 0 saturated heterocycles. The highest BCUT2D eigenvalue weighted by Gasteiger charge is 2.22. The van der Waals surface area contributed by atoms with E-state index in [9.17, 15) is 9.59 Å². The molecule has 0 bridgehead atoms. The van der Waals surface area contributed by atoms with Crippen LogP contribution in [0.1, 0.15) is 5.56 Å². The zero-order valence-corrected chi connectivity index (χ0v) is 13.4. The van der Waals surface area contributed by atoms with E-state index in [-0.39, 0.29) is 18.4 Å². The molecule has 112 valence electrons. The number of halogens is 1. The van der Waals surface area contributed by atoms with Crippen molar-refractivity contribution >= 4 is 27.7 Å². The van der Waals surface area contributed by atoms with Crippen molar-refractivity contribution in [2.45, 2.75) is 6.54 Å². The maximum absolute atomic E-state index is 12.3. The van der Waals surface area contributed by atoms with E-state index in [1.807, 2.05) is 18.2 Å². The zero-order chi connectivity index (χ0) is 15.4. The van der Waals surface area contributed by atoms with Gasteiger partial charge >= 0.3 is 0 Å². The van der Waals surface area contributed by atoms with Gasteiger partial charge in [-0.1, -0.05) is 18.7 Å². The molecule has 6 heteroatoms. The zero-order valence-electron chi connectivity index (χ0n) is 11.8. The van der Waals surface area contributed by atoms with Gasteiger partial charge in [0.2, 0.25) is 11.8 Å². The van der Waals surface area contributed by atoms with Crippen LogP contribution < -0.4 is 4.74 Å². The van der Waals surface area contributed by atoms with Crippen LogP contribution in [0.4, 0.5) is 0 Å². The number of ether oxygens (including phenoxy) is 1. The van der Waals surface area contributed by atoms with Gasteiger partial charge in [-0.25, -0.2) is 0 Å². The molecule has 0 saturated carbocycles. The van der Waals surface area contributed by atoms with E-state index in [1.54, 1.807) is 11.9 Å². The summed E-state index contributed by atoms with van der Waals surface area (Å²) in [5, 5.41) is 0. The van der Waals surface area contributed by atoms with E-state index in [0.717, 1.165) is 15.8 Å². The van der Waals surface area contributed by atoms with E-state index in [2.05, 4.69) is 22.5 Å². The molecule has 0 fully saturated rings. The number of hydrogen-bond acceptors (Lipinski definition) is 3. The predicted molar refractivity (Wildman–Crippen MR) is 82.9 cm³/mol. The minimum atomic E-state index is -0.266. The van der Waals surface area contributed by atoms with Crippen molar-refractivity contribution in [2.75, 3.05) is 26.7 Å². The van der Waals surface area contributed by atoms with E-state index >= 15 is 0 Å². The molecule has 1 heterocycles. The largest absolute Gasteiger partial charge is 0.490 e. The first-order valence-electron chi connectivity index (χ1n) is 6.58. The monoisotopic (exact) mass is 352 g/mol. The number of fused-ring (bicyclic) bond motifs is 1. The fourth-order valence-corrected chi connectivity index (χ4v) is 2.65. The molecule has 21 heavy (non-hydrogen) atoms. The Bertz CT molecular complexity index is 574. The smallest absolute Gasteiger partial charge is 0.246 e. The van der Waals surface area contributed by atoms with Crippen LogP contribution in [-0.2, 0) is 16.1 Å². The Morgan fingerprint density at radius 2 is 2.29 bits per heavy atom. The van der Waals surface area contributed by atoms with Crippen LogP contribution >= 0.6 is 15.9 Å². The van der Waals surface area contributed by atoms with Gasteiger partial charge < -0.3 is 14.5 Å². The van der Waals surface area contributed by atoms with Crippen LogP contribution in [0.5, 0.6) is 5.75 Å². The lowest BCUT2D eigenvalue weighted by atomic mass is 10.2. The number of para-hydroxylation sites is 1. The summed E-state index contributed by atoms with van der Waals surface area (Å²) >= 11 is 3.45. The molecule has 2 amide bonds. The fraction of sp³-hybridized carbons (Fsp3) is 0.333. The maximum Gasteiger partial charge on any atom is 0.246 e. The van der Waals surface area contributed by atoms with Crippen molar-refractivity contribution in [3.63, 3.8) is 0 Å². The number of nitrogens with zero attached hydrogens (tertiary/aromatic N) is 2. The Kier molecular flexibility index (Phi) is 5.01. The van der Waals surface area contributed by atoms with E-state index in [1.165, 1.54) is 11.0 Å². The van der Waals surface area contributed by atoms with Crippen LogP contribution in [0.3, 0.4) is 0 Å². The summed E-state index contributed by atoms with van der Waals surface area (Å²) in [6, 6.07) is 5.75. The third-order valence-electron chi connectivity index (χ3n) is 3.29. The number of rotatable bonds is 3. The highest BCUT2D eigenvalue weighted by Crippen LogP contribution is 2.31. The molecule has 1 aliphatic rings. The summed E-state index contributed by atoms with van der Waals surface area (Å²) in [4.78, 5) is 26.8. The van der Waals surface area contributed by atoms with Gasteiger partial charge in [-0.2, -0.15) is 0 Å². The summed E-state index contributed by atoms with van der Waals surface area (Å²) in [5.41, 5.74) is 0.952. The Morgan fingerprint density at radius 1 is 1.52 bits per heavy atom. The van der Waals surface area contributed by atoms with Crippen LogP contribution in [0.25, 0.3) is 0 Å². The lowest BCUT2D eigenvalue weighted by molar-refractivity contribution is -0.137. The number of amides is 2. The second kappa shape index (κ2) is 6.76. The van der Waals surface area contributed by atoms with E-state index in [4.69, 9.17) is 4.74 Å². The number of benzene rings is 1. The highest BCUT2D eigenvalue weighted by molar-refractivity contribution is 9.10. The Morgan fingerprint density at radius 3 is 3.00 bits per heavy atom. The van der Waals surface area contributed by atoms with Gasteiger partial charge in [0.1, 0.15) is 12.4 Å². The summed E-state index contributed by atoms with van der Waals surface area (Å²) in [6.07, 6.45) is 1.20. The second-order valence-corrected chi connectivity index (χ2v) is 5.64. The Balaban J connectivity index is 2.09. The molecule has 0 N–H and O–H groups in total. The molecule has 0 aromatic heterocycles. The number of likely N-dealkylation sites (N-methyl/N-ethyl adjacent to an activating group) is 1. The molecule has 0 atom stereocenters. The van der Waals surface area contributed by atoms with Gasteiger partial charge in [0.15, 0.2) is 0 Å². The van der Waals surface area contributed by atoms with Crippen LogP contribution in [-0.4, -0.2) is 48.4 Å². The fourth-order valence-electron chi connectivity index (χ4n) is 2.13. The molecule has 0 unspecified atom stereocenters. The van der Waals surface area contributed by atoms with Crippen molar-refractivity contribution < 1.29 is 14.3 Å². The molecule has 1 aromatic rings. The van der Waals surface area contributed by atoms with E-state index < -0.39 is 0 Å². The van der Waals surface area contributed by atoms with Crippen LogP contribution in [0, 0.1) is 0 Å². The standard InChI is InChI=1S/C15H17BrN2O3/c1-3-13(19)17(2)10-14(20)18-7-8-21-15-11(9-18)5-4-6-12(15)16/h3-6H,1,7-10H2,2H3. The first-order chi connectivity index (χ1) is 10.0.